The van der Waals surface area contributed by atoms with E-state index in [0.29, 0.717) is 29.3 Å². The van der Waals surface area contributed by atoms with Crippen LogP contribution in [0.1, 0.15) is 188 Å². The number of aromatic nitrogens is 1. The van der Waals surface area contributed by atoms with Crippen LogP contribution in [0.25, 0.3) is 10.9 Å². The Balaban J connectivity index is 1.96. The SMILES string of the molecule is CCCCCCCCCC(=O)NC(Cc1c[nH]c2ccccc12)C(=O)NC(CC(N)=O)C(=O)NC(CC(=O)O)C(=O)NC1C(=O)NCC(=O)NC(CCCNC(=O)C(CNC(=O)OC(C)(C)C)NC(=O)OC(C)(C)C)C(=O)NC(CC(=O)O)C(=O)NC(C)C(=O)NC(CC(=O)O)C(=O)NCC(=O)NC(CO)C(=O)NC(C(C)CC(=O)O)C(=O)NC(CC(=O)c2ccccc2N)C(=O)OC1C. The van der Waals surface area contributed by atoms with Crippen molar-refractivity contribution < 1.29 is 150 Å². The number of ketones is 1. The van der Waals surface area contributed by atoms with Gasteiger partial charge in [-0.1, -0.05) is 82.7 Å². The molecule has 50 nitrogen and oxygen atoms in total. The quantitative estimate of drug-likeness (QED) is 0.00847. The highest BCUT2D eigenvalue weighted by molar-refractivity contribution is 6.05. The first-order valence-electron chi connectivity index (χ1n) is 43.3. The second-order valence-electron chi connectivity index (χ2n) is 33.8. The summed E-state index contributed by atoms with van der Waals surface area (Å²) in [6.07, 6.45) is -5.87. The highest BCUT2D eigenvalue weighted by Crippen LogP contribution is 2.22. The van der Waals surface area contributed by atoms with Crippen molar-refractivity contribution in [2.45, 2.75) is 268 Å². The lowest BCUT2D eigenvalue weighted by Crippen LogP contribution is -2.62. The third kappa shape index (κ3) is 41.4. The summed E-state index contributed by atoms with van der Waals surface area (Å²) >= 11 is 0. The lowest BCUT2D eigenvalue weighted by atomic mass is 9.96. The number of hydrogen-bond acceptors (Lipinski definition) is 28. The Bertz CT molecular complexity index is 4780. The number of para-hydroxylation sites is 2. The number of nitrogens with one attached hydrogen (secondary N) is 17. The van der Waals surface area contributed by atoms with Crippen molar-refractivity contribution in [1.82, 2.24) is 90.1 Å². The van der Waals surface area contributed by atoms with E-state index in [4.69, 9.17) is 25.7 Å². The molecule has 744 valence electrons. The number of aliphatic hydroxyl groups is 1. The van der Waals surface area contributed by atoms with Gasteiger partial charge in [-0.2, -0.15) is 0 Å². The summed E-state index contributed by atoms with van der Waals surface area (Å²) in [5.74, 6) is -32.1. The van der Waals surface area contributed by atoms with Gasteiger partial charge in [0, 0.05) is 54.2 Å². The fourth-order valence-electron chi connectivity index (χ4n) is 13.2. The van der Waals surface area contributed by atoms with Crippen molar-refractivity contribution >= 4 is 153 Å². The predicted molar refractivity (Wildman–Crippen MR) is 472 cm³/mol. The molecule has 0 spiro atoms. The number of fused-ring (bicyclic) bond motifs is 1. The molecule has 0 saturated carbocycles. The molecule has 50 heteroatoms. The van der Waals surface area contributed by atoms with E-state index in [-0.39, 0.29) is 24.1 Å². The largest absolute Gasteiger partial charge is 0.481 e. The minimum absolute atomic E-state index is 0.0490. The van der Waals surface area contributed by atoms with Crippen molar-refractivity contribution in [2.75, 3.05) is 38.5 Å². The maximum absolute atomic E-state index is 15.1. The van der Waals surface area contributed by atoms with Gasteiger partial charge in [0.15, 0.2) is 5.78 Å². The number of alkyl carbamates (subject to hydrolysis) is 2. The Labute approximate surface area is 774 Å². The van der Waals surface area contributed by atoms with E-state index >= 15 is 14.4 Å². The van der Waals surface area contributed by atoms with Crippen LogP contribution in [0, 0.1) is 5.92 Å². The molecule has 3 aromatic rings. The number of unbranched alkanes of at least 4 members (excludes halogenated alkanes) is 6. The van der Waals surface area contributed by atoms with Gasteiger partial charge < -0.3 is 141 Å². The third-order valence-corrected chi connectivity index (χ3v) is 20.0. The molecule has 14 atom stereocenters. The van der Waals surface area contributed by atoms with Crippen LogP contribution >= 0.6 is 0 Å². The first kappa shape index (κ1) is 113. The number of hydrogen-bond donors (Lipinski definition) is 24. The van der Waals surface area contributed by atoms with Gasteiger partial charge in [-0.15, -0.1) is 0 Å². The van der Waals surface area contributed by atoms with E-state index < -0.39 is 316 Å². The molecule has 2 heterocycles. The minimum atomic E-state index is -2.56. The highest BCUT2D eigenvalue weighted by Gasteiger charge is 2.42. The van der Waals surface area contributed by atoms with Crippen LogP contribution in [0.3, 0.4) is 0 Å². The number of H-pyrrole nitrogens is 1. The number of carboxylic acid groups (broad SMARTS) is 4. The number of aliphatic hydroxyl groups excluding tert-OH is 1. The molecule has 1 saturated heterocycles. The number of carbonyl (C=O) groups excluding carboxylic acids is 19. The number of aliphatic carboxylic acids is 4. The number of primary amides is 1. The molecule has 1 aliphatic rings. The fourth-order valence-corrected chi connectivity index (χ4v) is 13.2. The fraction of sp³-hybridized carbons (Fsp3) is 0.565. The van der Waals surface area contributed by atoms with Crippen LogP contribution in [-0.2, 0) is 117 Å². The monoisotopic (exact) mass is 1910 g/mol. The molecule has 26 N–H and O–H groups in total. The minimum Gasteiger partial charge on any atom is -0.481 e. The van der Waals surface area contributed by atoms with Gasteiger partial charge >= 0.3 is 42.0 Å². The normalized spacial score (nSPS) is 20.1. The molecule has 1 fully saturated rings. The van der Waals surface area contributed by atoms with E-state index in [0.717, 1.165) is 52.9 Å². The molecule has 1 aliphatic heterocycles. The number of ether oxygens (including phenoxy) is 3. The number of aromatic amines is 1. The number of benzene rings is 2. The summed E-state index contributed by atoms with van der Waals surface area (Å²) < 4.78 is 16.3. The molecule has 0 bridgehead atoms. The average Bonchev–Trinajstić information content (AvgIpc) is 1.79. The molecule has 0 aliphatic carbocycles. The number of carboxylic acids is 4. The Morgan fingerprint density at radius 1 is 0.519 bits per heavy atom. The topological polar surface area (TPSA) is 782 Å². The van der Waals surface area contributed by atoms with Crippen LogP contribution in [0.4, 0.5) is 15.3 Å². The number of rotatable bonds is 40. The summed E-state index contributed by atoms with van der Waals surface area (Å²) in [6, 6.07) is -13.4. The van der Waals surface area contributed by atoms with E-state index in [1.807, 2.05) is 16.0 Å². The van der Waals surface area contributed by atoms with Gasteiger partial charge in [-0.05, 0) is 104 Å². The van der Waals surface area contributed by atoms with E-state index in [1.54, 1.807) is 30.5 Å². The Morgan fingerprint density at radius 3 is 1.64 bits per heavy atom. The van der Waals surface area contributed by atoms with Crippen LogP contribution in [-0.4, -0.2) is 290 Å². The van der Waals surface area contributed by atoms with E-state index in [9.17, 15) is 121 Å². The molecule has 14 unspecified atom stereocenters. The van der Waals surface area contributed by atoms with Gasteiger partial charge in [0.05, 0.1) is 58.3 Å². The predicted octanol–water partition coefficient (Wildman–Crippen LogP) is -4.05. The number of cyclic esters (lactones) is 1. The number of Topliss-reactive ketones (excluding diaryl/α,β-unsaturated/α-hetero) is 1. The van der Waals surface area contributed by atoms with Crippen LogP contribution < -0.4 is 96.5 Å². The molecule has 17 amide bonds. The number of esters is 1. The summed E-state index contributed by atoms with van der Waals surface area (Å²) in [6.45, 7) is 8.85. The molecule has 1 aromatic heterocycles. The maximum Gasteiger partial charge on any atom is 0.408 e. The summed E-state index contributed by atoms with van der Waals surface area (Å²) in [5.41, 5.74) is 10.1. The van der Waals surface area contributed by atoms with Crippen molar-refractivity contribution in [3.63, 3.8) is 0 Å². The molecule has 0 radical (unpaired) electrons. The van der Waals surface area contributed by atoms with Gasteiger partial charge in [-0.3, -0.25) is 95.9 Å². The van der Waals surface area contributed by atoms with Crippen molar-refractivity contribution in [3.8, 4) is 0 Å². The summed E-state index contributed by atoms with van der Waals surface area (Å²) in [7, 11) is 0. The number of nitrogen functional groups attached to an aromatic ring is 1. The number of carbonyl (C=O) groups is 23. The van der Waals surface area contributed by atoms with E-state index in [2.05, 4.69) is 81.0 Å². The zero-order valence-corrected chi connectivity index (χ0v) is 76.3. The summed E-state index contributed by atoms with van der Waals surface area (Å²) in [4.78, 5) is 321. The molecular formula is C85H123N19O31. The van der Waals surface area contributed by atoms with Crippen molar-refractivity contribution in [1.29, 1.82) is 0 Å². The second kappa shape index (κ2) is 55.0. The Kier molecular flexibility index (Phi) is 45.9. The average molecular weight is 1910 g/mol. The third-order valence-electron chi connectivity index (χ3n) is 20.0. The maximum atomic E-state index is 15.1. The number of amides is 17. The molecule has 2 aromatic carbocycles. The van der Waals surface area contributed by atoms with E-state index in [1.165, 1.54) is 65.8 Å². The van der Waals surface area contributed by atoms with Gasteiger partial charge in [0.1, 0.15) is 89.8 Å². The highest BCUT2D eigenvalue weighted by atomic mass is 16.6. The van der Waals surface area contributed by atoms with Gasteiger partial charge in [0.25, 0.3) is 0 Å². The lowest BCUT2D eigenvalue weighted by molar-refractivity contribution is -0.156. The number of anilines is 1. The van der Waals surface area contributed by atoms with Gasteiger partial charge in [0.2, 0.25) is 88.6 Å². The molecule has 135 heavy (non-hydrogen) atoms. The van der Waals surface area contributed by atoms with Crippen LogP contribution in [0.2, 0.25) is 0 Å². The van der Waals surface area contributed by atoms with Crippen molar-refractivity contribution in [3.05, 3.63) is 65.9 Å². The van der Waals surface area contributed by atoms with Gasteiger partial charge in [-0.25, -0.2) is 14.4 Å². The zero-order chi connectivity index (χ0) is 101. The number of nitrogens with two attached hydrogens (primary N) is 2. The summed E-state index contributed by atoms with van der Waals surface area (Å²) in [5, 5.41) is 86.3. The smallest absolute Gasteiger partial charge is 0.408 e. The zero-order valence-electron chi connectivity index (χ0n) is 76.3. The standard InChI is InChI=1S/C85H123N19O31/c1-11-12-13-14-15-16-17-28-61(108)95-51(31-45-37-89-49-26-21-19-23-46(45)49)75(124)98-52(33-60(87)107)76(125)100-55(36-67(117)118)77(126)104-69-44(4)133-81(130)56(32-59(106)47-24-18-20-25-48(47)86)101-80(129)68(42(2)30-64(111)112)103-78(127)58(41-105)96-63(110)39-90-71(120)53(34-65(113)114)97-70(119)43(3)93-74(123)54(35-66(115)116)99-73(122)50(94-62(109)40-91-79(69)128)27-22-29-88-72(121)57(102-83(132)135-85(8,9)10)38-92-82(131)134-84(5,6)7/h18-21,23-26,37,42-44,50-58,68-69,89,105H,11-17,22,27-36,38-41,86H2,1-10H3,(H2,87,107)(H,88,121)(H,90,120)(H,91,128)(H,92,131)(H,93,123)(H,94,109)(H,95,108)(H,96,110)(H,97,119)(H,98,124)(H,99,122)(H,100,125)(H,101,129)(H,102,132)(H,103,127)(H,104,126)(H,111,112)(H,113,114)(H,115,116)(H,117,118). The van der Waals surface area contributed by atoms with Crippen molar-refractivity contribution in [2.24, 2.45) is 11.7 Å². The van der Waals surface area contributed by atoms with Crippen LogP contribution in [0.15, 0.2) is 54.7 Å². The molecule has 4 rings (SSSR count). The second-order valence-corrected chi connectivity index (χ2v) is 33.8. The Hall–Kier alpha value is -14.6. The Morgan fingerprint density at radius 2 is 1.05 bits per heavy atom. The lowest BCUT2D eigenvalue weighted by Gasteiger charge is -2.30. The first-order chi connectivity index (χ1) is 63.3. The molecular weight excluding hydrogens is 1780 g/mol. The first-order valence-corrected chi connectivity index (χ1v) is 43.3. The van der Waals surface area contributed by atoms with Crippen LogP contribution in [0.5, 0.6) is 0 Å².